The molecule has 0 aromatic heterocycles. The second kappa shape index (κ2) is 6.41. The van der Waals surface area contributed by atoms with E-state index in [0.29, 0.717) is 9.13 Å². The highest BCUT2D eigenvalue weighted by atomic mass is 127. The zero-order chi connectivity index (χ0) is 19.5. The summed E-state index contributed by atoms with van der Waals surface area (Å²) in [5, 5.41) is 11.8. The Morgan fingerprint density at radius 2 is 2.04 bits per heavy atom. The largest absolute Gasteiger partial charge is 0.529 e. The van der Waals surface area contributed by atoms with Crippen LogP contribution in [-0.2, 0) is 19.1 Å². The van der Waals surface area contributed by atoms with Gasteiger partial charge in [-0.15, -0.1) is 0 Å². The summed E-state index contributed by atoms with van der Waals surface area (Å²) in [5.41, 5.74) is 0.918. The van der Waals surface area contributed by atoms with Gasteiger partial charge in [-0.2, -0.15) is 0 Å². The fraction of sp³-hybridized carbons (Fsp3) is 0.278. The average Bonchev–Trinajstić information content (AvgIpc) is 2.90. The number of carbonyl (C=O) groups excluding carboxylic acids is 3. The monoisotopic (exact) mass is 484 g/mol. The number of halogens is 2. The van der Waals surface area contributed by atoms with Gasteiger partial charge in [0.05, 0.1) is 23.6 Å². The standard InChI is InChI=1S/C18H13FINO6/c1-7-16-15(17(23)27-7)13(8-2-3-9(19)10(20)4-8)14-11(21(16)18(24)25)5-26-6-12(14)22/h2-4,7,13H,5-6H2,1H3,(H,24,25)/p-1. The minimum Gasteiger partial charge on any atom is -0.529 e. The summed E-state index contributed by atoms with van der Waals surface area (Å²) in [4.78, 5) is 37.8. The van der Waals surface area contributed by atoms with Crippen molar-refractivity contribution in [1.29, 1.82) is 0 Å². The molecular weight excluding hydrogens is 472 g/mol. The number of rotatable bonds is 1. The number of amides is 1. The number of ether oxygens (including phenoxy) is 2. The summed E-state index contributed by atoms with van der Waals surface area (Å²) in [7, 11) is 0. The Morgan fingerprint density at radius 3 is 2.70 bits per heavy atom. The van der Waals surface area contributed by atoms with Gasteiger partial charge in [-0.05, 0) is 47.2 Å². The molecule has 0 bridgehead atoms. The molecule has 3 heterocycles. The molecule has 1 aromatic rings. The van der Waals surface area contributed by atoms with Crippen LogP contribution in [0.4, 0.5) is 9.18 Å². The van der Waals surface area contributed by atoms with E-state index in [1.807, 2.05) is 22.6 Å². The minimum absolute atomic E-state index is 0.0584. The van der Waals surface area contributed by atoms with Crippen LogP contribution in [0.25, 0.3) is 0 Å². The average molecular weight is 484 g/mol. The van der Waals surface area contributed by atoms with Gasteiger partial charge in [0.2, 0.25) is 0 Å². The number of esters is 1. The van der Waals surface area contributed by atoms with Gasteiger partial charge in [0.15, 0.2) is 5.78 Å². The molecule has 0 fully saturated rings. The fourth-order valence-corrected chi connectivity index (χ4v) is 4.30. The number of carbonyl (C=O) groups is 3. The maximum Gasteiger partial charge on any atom is 0.337 e. The molecule has 4 rings (SSSR count). The van der Waals surface area contributed by atoms with Crippen molar-refractivity contribution < 1.29 is 33.4 Å². The Hall–Kier alpha value is -2.27. The number of cyclic esters (lactones) is 1. The topological polar surface area (TPSA) is 96.0 Å². The summed E-state index contributed by atoms with van der Waals surface area (Å²) >= 11 is 1.82. The van der Waals surface area contributed by atoms with E-state index in [1.165, 1.54) is 18.2 Å². The second-order valence-electron chi connectivity index (χ2n) is 6.33. The van der Waals surface area contributed by atoms with Crippen molar-refractivity contribution in [2.45, 2.75) is 18.9 Å². The SMILES string of the molecule is CC1OC(=O)C2=C1N(C(=O)[O-])C1=C(C(=O)COC1)C2c1ccc(F)c(I)c1. The molecule has 0 saturated carbocycles. The maximum atomic E-state index is 13.7. The van der Waals surface area contributed by atoms with E-state index in [2.05, 4.69) is 0 Å². The molecule has 1 amide bonds. The zero-order valence-electron chi connectivity index (χ0n) is 14.0. The first-order valence-electron chi connectivity index (χ1n) is 8.06. The third-order valence-corrected chi connectivity index (χ3v) is 5.62. The molecule has 1 aromatic carbocycles. The first-order chi connectivity index (χ1) is 12.8. The van der Waals surface area contributed by atoms with Crippen LogP contribution >= 0.6 is 22.6 Å². The summed E-state index contributed by atoms with van der Waals surface area (Å²) in [5.74, 6) is -2.44. The van der Waals surface area contributed by atoms with Crippen LogP contribution in [0.5, 0.6) is 0 Å². The summed E-state index contributed by atoms with van der Waals surface area (Å²) in [6.45, 7) is 1.18. The molecular formula is C18H12FINO6-. The fourth-order valence-electron chi connectivity index (χ4n) is 3.76. The van der Waals surface area contributed by atoms with E-state index in [9.17, 15) is 23.9 Å². The Labute approximate surface area is 166 Å². The summed E-state index contributed by atoms with van der Waals surface area (Å²) < 4.78 is 24.5. The number of hydrogen-bond acceptors (Lipinski definition) is 6. The van der Waals surface area contributed by atoms with Gasteiger partial charge in [-0.25, -0.2) is 9.18 Å². The molecule has 0 N–H and O–H groups in total. The first kappa shape index (κ1) is 18.1. The lowest BCUT2D eigenvalue weighted by molar-refractivity contribution is -0.262. The highest BCUT2D eigenvalue weighted by molar-refractivity contribution is 14.1. The van der Waals surface area contributed by atoms with E-state index < -0.39 is 35.7 Å². The molecule has 2 atom stereocenters. The lowest BCUT2D eigenvalue weighted by Crippen LogP contribution is -2.48. The number of ketones is 1. The molecule has 0 spiro atoms. The number of benzene rings is 1. The second-order valence-corrected chi connectivity index (χ2v) is 7.49. The van der Waals surface area contributed by atoms with Crippen LogP contribution in [0, 0.1) is 9.39 Å². The van der Waals surface area contributed by atoms with Crippen molar-refractivity contribution >= 4 is 40.4 Å². The van der Waals surface area contributed by atoms with Crippen molar-refractivity contribution in [3.8, 4) is 0 Å². The highest BCUT2D eigenvalue weighted by Gasteiger charge is 2.49. The predicted molar refractivity (Wildman–Crippen MR) is 94.5 cm³/mol. The van der Waals surface area contributed by atoms with Crippen molar-refractivity contribution in [3.05, 3.63) is 55.7 Å². The zero-order valence-corrected chi connectivity index (χ0v) is 16.1. The van der Waals surface area contributed by atoms with Crippen molar-refractivity contribution in [3.63, 3.8) is 0 Å². The van der Waals surface area contributed by atoms with Crippen LogP contribution in [0.1, 0.15) is 18.4 Å². The predicted octanol–water partition coefficient (Wildman–Crippen LogP) is 1.23. The van der Waals surface area contributed by atoms with E-state index in [-0.39, 0.29) is 35.8 Å². The van der Waals surface area contributed by atoms with Crippen molar-refractivity contribution in [2.75, 3.05) is 13.2 Å². The Kier molecular flexibility index (Phi) is 4.30. The van der Waals surface area contributed by atoms with Crippen LogP contribution in [0.2, 0.25) is 0 Å². The quantitative estimate of drug-likeness (QED) is 0.440. The van der Waals surface area contributed by atoms with Crippen LogP contribution in [0.15, 0.2) is 40.7 Å². The number of carboxylic acid groups (broad SMARTS) is 1. The Morgan fingerprint density at radius 1 is 1.30 bits per heavy atom. The number of Topliss-reactive ketones (excluding diaryl/α,β-unsaturated/α-hetero) is 1. The lowest BCUT2D eigenvalue weighted by atomic mass is 9.77. The molecule has 0 radical (unpaired) electrons. The highest BCUT2D eigenvalue weighted by Crippen LogP contribution is 2.47. The van der Waals surface area contributed by atoms with E-state index in [1.54, 1.807) is 6.92 Å². The van der Waals surface area contributed by atoms with Crippen LogP contribution in [0.3, 0.4) is 0 Å². The molecule has 2 unspecified atom stereocenters. The van der Waals surface area contributed by atoms with Gasteiger partial charge in [0.25, 0.3) is 0 Å². The number of nitrogens with zero attached hydrogens (tertiary/aromatic N) is 1. The molecule has 0 saturated heterocycles. The smallest absolute Gasteiger partial charge is 0.337 e. The van der Waals surface area contributed by atoms with Gasteiger partial charge in [-0.1, -0.05) is 6.07 Å². The van der Waals surface area contributed by atoms with E-state index >= 15 is 0 Å². The van der Waals surface area contributed by atoms with E-state index in [4.69, 9.17) is 9.47 Å². The van der Waals surface area contributed by atoms with Gasteiger partial charge in [0.1, 0.15) is 24.6 Å². The van der Waals surface area contributed by atoms with Crippen molar-refractivity contribution in [2.24, 2.45) is 0 Å². The molecule has 3 aliphatic rings. The van der Waals surface area contributed by atoms with Crippen LogP contribution < -0.4 is 5.11 Å². The van der Waals surface area contributed by atoms with Crippen LogP contribution in [-0.4, -0.2) is 42.1 Å². The van der Waals surface area contributed by atoms with Crippen molar-refractivity contribution in [1.82, 2.24) is 4.90 Å². The normalized spacial score (nSPS) is 24.8. The Bertz CT molecular complexity index is 967. The molecule has 3 aliphatic heterocycles. The van der Waals surface area contributed by atoms with E-state index in [0.717, 1.165) is 4.90 Å². The molecule has 0 aliphatic carbocycles. The third-order valence-electron chi connectivity index (χ3n) is 4.80. The Balaban J connectivity index is 2.01. The first-order valence-corrected chi connectivity index (χ1v) is 9.14. The van der Waals surface area contributed by atoms with Gasteiger partial charge < -0.3 is 19.4 Å². The van der Waals surface area contributed by atoms with Gasteiger partial charge in [-0.3, -0.25) is 9.69 Å². The summed E-state index contributed by atoms with van der Waals surface area (Å²) in [6, 6.07) is 4.25. The van der Waals surface area contributed by atoms with Gasteiger partial charge >= 0.3 is 5.97 Å². The molecule has 27 heavy (non-hydrogen) atoms. The van der Waals surface area contributed by atoms with Gasteiger partial charge in [0, 0.05) is 15.1 Å². The molecule has 9 heteroatoms. The maximum absolute atomic E-state index is 13.7. The third kappa shape index (κ3) is 2.67. The minimum atomic E-state index is -1.58. The number of hydrogen-bond donors (Lipinski definition) is 0. The lowest BCUT2D eigenvalue weighted by Gasteiger charge is -2.40. The molecule has 140 valence electrons. The molecule has 7 nitrogen and oxygen atoms in total. The summed E-state index contributed by atoms with van der Waals surface area (Å²) in [6.07, 6.45) is -2.41.